The third kappa shape index (κ3) is 5.88. The highest BCUT2D eigenvalue weighted by atomic mass is 31.2. The third-order valence-electron chi connectivity index (χ3n) is 8.76. The van der Waals surface area contributed by atoms with Crippen molar-refractivity contribution in [3.63, 3.8) is 0 Å². The van der Waals surface area contributed by atoms with Crippen LogP contribution in [0.5, 0.6) is 11.5 Å². The van der Waals surface area contributed by atoms with Crippen molar-refractivity contribution in [2.45, 2.75) is 60.9 Å². The number of likely N-dealkylation sites (N-methyl/N-ethyl adjacent to an activating group) is 1. The van der Waals surface area contributed by atoms with Crippen LogP contribution < -0.4 is 9.47 Å². The first kappa shape index (κ1) is 31.3. The lowest BCUT2D eigenvalue weighted by molar-refractivity contribution is -0.769. The molecule has 4 aliphatic heterocycles. The number of phosphoric acid groups is 1. The van der Waals surface area contributed by atoms with Gasteiger partial charge in [0, 0.05) is 22.9 Å². The minimum atomic E-state index is -4.64. The summed E-state index contributed by atoms with van der Waals surface area (Å²) in [5, 5.41) is 28.9. The SMILES string of the molecule is COc1ccc2c3c1O[C@H]1[C@@H](O)C=C[C@H]4[C@@H](C2)N(C)CC[C@@]341.O=P(O)(O)O.O=[N+]([O-])O[C@H]1CO[C@H]2[C@@H]1OC[C@H]2O[N+](=O)[O-]. The Kier molecular flexibility index (Phi) is 8.58. The predicted octanol–water partition coefficient (Wildman–Crippen LogP) is -0.490. The van der Waals surface area contributed by atoms with Gasteiger partial charge in [-0.15, -0.1) is 20.2 Å². The van der Waals surface area contributed by atoms with Gasteiger partial charge >= 0.3 is 7.82 Å². The Hall–Kier alpha value is -3.09. The van der Waals surface area contributed by atoms with Gasteiger partial charge in [-0.05, 0) is 38.1 Å². The zero-order valence-electron chi connectivity index (χ0n) is 23.0. The van der Waals surface area contributed by atoms with Crippen molar-refractivity contribution in [3.05, 3.63) is 55.6 Å². The number of nitrogens with zero attached hydrogens (tertiary/aromatic N) is 3. The van der Waals surface area contributed by atoms with Gasteiger partial charge in [0.1, 0.15) is 24.4 Å². The molecule has 1 aromatic rings. The molecule has 19 heteroatoms. The highest BCUT2D eigenvalue weighted by Gasteiger charge is 2.64. The van der Waals surface area contributed by atoms with Crippen LogP contribution in [0.2, 0.25) is 0 Å². The summed E-state index contributed by atoms with van der Waals surface area (Å²) in [6.45, 7) is 0.958. The zero-order chi connectivity index (χ0) is 31.3. The first-order valence-electron chi connectivity index (χ1n) is 13.3. The molecular weight excluding hydrogens is 601 g/mol. The number of benzene rings is 1. The summed E-state index contributed by atoms with van der Waals surface area (Å²) >= 11 is 0. The molecule has 2 bridgehead atoms. The number of aliphatic hydroxyl groups is 1. The van der Waals surface area contributed by atoms with Crippen molar-refractivity contribution in [2.24, 2.45) is 5.92 Å². The number of methoxy groups -OCH3 is 1. The van der Waals surface area contributed by atoms with Crippen LogP contribution >= 0.6 is 7.82 Å². The Bertz CT molecular complexity index is 1290. The fourth-order valence-electron chi connectivity index (χ4n) is 7.22. The number of hydrogen-bond donors (Lipinski definition) is 4. The molecule has 6 aliphatic rings. The first-order valence-corrected chi connectivity index (χ1v) is 14.9. The maximum absolute atomic E-state index is 10.6. The molecule has 3 fully saturated rings. The fourth-order valence-corrected chi connectivity index (χ4v) is 7.22. The standard InChI is InChI=1S/C18H21NO3.C6H8N2O8.H3O4P/c1-19-8-7-18-11-4-5-13(20)17(18)22-16-14(21-2)6-3-10(15(16)18)9-12(11)19;9-7(10)15-3-1-13-6-4(16-8(11)12)2-14-5(3)6;1-5(2,3)4/h3-6,11-13,17,20H,7-9H2,1-2H3;3-6H,1-2H2;(H3,1,2,3,4)/t11-,12+,13-,17-,18-;3-,4+,5-,6-;/m01./s1. The molecular formula is C24H32N3O15P. The number of aliphatic hydroxyl groups excluding tert-OH is 1. The van der Waals surface area contributed by atoms with E-state index >= 15 is 0 Å². The van der Waals surface area contributed by atoms with Crippen LogP contribution in [0.1, 0.15) is 17.5 Å². The largest absolute Gasteiger partial charge is 0.493 e. The van der Waals surface area contributed by atoms with E-state index in [2.05, 4.69) is 33.8 Å². The van der Waals surface area contributed by atoms with Gasteiger partial charge in [0.2, 0.25) is 0 Å². The molecule has 18 nitrogen and oxygen atoms in total. The molecule has 0 aromatic heterocycles. The summed E-state index contributed by atoms with van der Waals surface area (Å²) in [7, 11) is -0.732. The molecule has 9 atom stereocenters. The van der Waals surface area contributed by atoms with Crippen molar-refractivity contribution in [3.8, 4) is 11.5 Å². The summed E-state index contributed by atoms with van der Waals surface area (Å²) in [5.41, 5.74) is 2.60. The first-order chi connectivity index (χ1) is 20.2. The van der Waals surface area contributed by atoms with Gasteiger partial charge in [-0.1, -0.05) is 18.2 Å². The second kappa shape index (κ2) is 11.8. The second-order valence-corrected chi connectivity index (χ2v) is 12.0. The predicted molar refractivity (Wildman–Crippen MR) is 140 cm³/mol. The van der Waals surface area contributed by atoms with Crippen molar-refractivity contribution in [2.75, 3.05) is 33.9 Å². The van der Waals surface area contributed by atoms with E-state index in [1.54, 1.807) is 7.11 Å². The van der Waals surface area contributed by atoms with Crippen LogP contribution in [0, 0.1) is 26.1 Å². The van der Waals surface area contributed by atoms with Crippen LogP contribution in [-0.2, 0) is 35.5 Å². The van der Waals surface area contributed by atoms with Gasteiger partial charge in [0.05, 0.1) is 20.3 Å². The average Bonchev–Trinajstić information content (AvgIpc) is 3.59. The minimum absolute atomic E-state index is 0.0477. The van der Waals surface area contributed by atoms with Crippen LogP contribution in [0.25, 0.3) is 0 Å². The number of ether oxygens (including phenoxy) is 4. The van der Waals surface area contributed by atoms with Gasteiger partial charge in [-0.3, -0.25) is 0 Å². The molecule has 1 aromatic carbocycles. The van der Waals surface area contributed by atoms with Crippen LogP contribution in [0.15, 0.2) is 24.3 Å². The minimum Gasteiger partial charge on any atom is -0.493 e. The summed E-state index contributed by atoms with van der Waals surface area (Å²) in [4.78, 5) is 53.0. The molecule has 238 valence electrons. The number of rotatable bonds is 5. The quantitative estimate of drug-likeness (QED) is 0.138. The molecule has 0 radical (unpaired) electrons. The molecule has 1 spiro atoms. The van der Waals surface area contributed by atoms with Crippen LogP contribution in [0.3, 0.4) is 0 Å². The van der Waals surface area contributed by atoms with Gasteiger partial charge in [0.25, 0.3) is 10.2 Å². The Morgan fingerprint density at radius 1 is 1.05 bits per heavy atom. The van der Waals surface area contributed by atoms with Crippen molar-refractivity contribution in [1.82, 2.24) is 4.90 Å². The summed E-state index contributed by atoms with van der Waals surface area (Å²) in [6, 6.07) is 4.70. The summed E-state index contributed by atoms with van der Waals surface area (Å²) < 4.78 is 31.0. The Balaban J connectivity index is 0.000000155. The van der Waals surface area contributed by atoms with Gasteiger partial charge < -0.3 is 53.3 Å². The molecule has 0 amide bonds. The number of hydrogen-bond acceptors (Lipinski definition) is 13. The summed E-state index contributed by atoms with van der Waals surface area (Å²) in [5.74, 6) is 2.09. The van der Waals surface area contributed by atoms with E-state index in [1.165, 1.54) is 11.1 Å². The van der Waals surface area contributed by atoms with Gasteiger partial charge in [-0.25, -0.2) is 4.57 Å². The molecule has 0 unspecified atom stereocenters. The molecule has 0 saturated carbocycles. The third-order valence-corrected chi connectivity index (χ3v) is 8.76. The molecule has 7 rings (SSSR count). The van der Waals surface area contributed by atoms with Gasteiger partial charge in [-0.2, -0.15) is 0 Å². The van der Waals surface area contributed by atoms with E-state index in [1.807, 2.05) is 12.1 Å². The molecule has 43 heavy (non-hydrogen) atoms. The smallest absolute Gasteiger partial charge is 0.466 e. The lowest BCUT2D eigenvalue weighted by Gasteiger charge is -2.56. The summed E-state index contributed by atoms with van der Waals surface area (Å²) in [6.07, 6.45) is 2.42. The molecule has 4 heterocycles. The topological polar surface area (TPSA) is 243 Å². The number of fused-ring (bicyclic) bond motifs is 1. The second-order valence-electron chi connectivity index (χ2n) is 11.0. The van der Waals surface area contributed by atoms with E-state index in [-0.39, 0.29) is 24.7 Å². The lowest BCUT2D eigenvalue weighted by Crippen LogP contribution is -2.64. The molecule has 2 aliphatic carbocycles. The van der Waals surface area contributed by atoms with Crippen molar-refractivity contribution in [1.29, 1.82) is 0 Å². The maximum atomic E-state index is 10.6. The number of piperidine rings is 1. The van der Waals surface area contributed by atoms with E-state index < -0.39 is 48.5 Å². The highest BCUT2D eigenvalue weighted by molar-refractivity contribution is 7.45. The van der Waals surface area contributed by atoms with Gasteiger partial charge in [0.15, 0.2) is 23.7 Å². The Labute approximate surface area is 244 Å². The Morgan fingerprint density at radius 2 is 1.63 bits per heavy atom. The van der Waals surface area contributed by atoms with E-state index in [0.717, 1.165) is 30.9 Å². The van der Waals surface area contributed by atoms with E-state index in [0.29, 0.717) is 12.0 Å². The number of likely N-dealkylation sites (tertiary alicyclic amines) is 1. The van der Waals surface area contributed by atoms with Crippen LogP contribution in [-0.4, -0.2) is 111 Å². The normalized spacial score (nSPS) is 36.0. The molecule has 3 saturated heterocycles. The van der Waals surface area contributed by atoms with Crippen molar-refractivity contribution >= 4 is 7.82 Å². The van der Waals surface area contributed by atoms with E-state index in [4.69, 9.17) is 38.2 Å². The van der Waals surface area contributed by atoms with Crippen LogP contribution in [0.4, 0.5) is 0 Å². The van der Waals surface area contributed by atoms with E-state index in [9.17, 15) is 25.3 Å². The molecule has 4 N–H and O–H groups in total. The monoisotopic (exact) mass is 633 g/mol. The average molecular weight is 634 g/mol. The Morgan fingerprint density at radius 3 is 2.16 bits per heavy atom. The lowest BCUT2D eigenvalue weighted by atomic mass is 9.53. The highest BCUT2D eigenvalue weighted by Crippen LogP contribution is 2.62. The maximum Gasteiger partial charge on any atom is 0.466 e. The van der Waals surface area contributed by atoms with Crippen molar-refractivity contribution < 1.29 is 63.1 Å². The fraction of sp³-hybridized carbons (Fsp3) is 0.667. The zero-order valence-corrected chi connectivity index (χ0v) is 23.9.